The summed E-state index contributed by atoms with van der Waals surface area (Å²) in [6.07, 6.45) is 5.21. The SMILES string of the molecule is Cc1ccc(C)c(CCC2CC(C)CCN2)c1. The van der Waals surface area contributed by atoms with Crippen molar-refractivity contribution in [3.05, 3.63) is 34.9 Å². The molecule has 0 radical (unpaired) electrons. The van der Waals surface area contributed by atoms with Crippen LogP contribution in [0.2, 0.25) is 0 Å². The maximum absolute atomic E-state index is 3.65. The molecular formula is C16H25N. The second-order valence-corrected chi connectivity index (χ2v) is 5.75. The van der Waals surface area contributed by atoms with Crippen LogP contribution < -0.4 is 5.32 Å². The van der Waals surface area contributed by atoms with E-state index in [1.807, 2.05) is 0 Å². The Balaban J connectivity index is 1.90. The van der Waals surface area contributed by atoms with Gasteiger partial charge in [0.05, 0.1) is 0 Å². The van der Waals surface area contributed by atoms with Crippen molar-refractivity contribution < 1.29 is 0 Å². The zero-order chi connectivity index (χ0) is 12.3. The van der Waals surface area contributed by atoms with Crippen LogP contribution in [0.25, 0.3) is 0 Å². The van der Waals surface area contributed by atoms with E-state index < -0.39 is 0 Å². The second-order valence-electron chi connectivity index (χ2n) is 5.75. The molecule has 1 aromatic rings. The lowest BCUT2D eigenvalue weighted by molar-refractivity contribution is 0.308. The number of hydrogen-bond donors (Lipinski definition) is 1. The van der Waals surface area contributed by atoms with Crippen molar-refractivity contribution in [2.75, 3.05) is 6.54 Å². The maximum atomic E-state index is 3.65. The van der Waals surface area contributed by atoms with Crippen LogP contribution in [-0.4, -0.2) is 12.6 Å². The Morgan fingerprint density at radius 1 is 1.29 bits per heavy atom. The minimum atomic E-state index is 0.735. The van der Waals surface area contributed by atoms with Gasteiger partial charge in [0.1, 0.15) is 0 Å². The molecule has 2 atom stereocenters. The highest BCUT2D eigenvalue weighted by Crippen LogP contribution is 2.20. The zero-order valence-corrected chi connectivity index (χ0v) is 11.4. The van der Waals surface area contributed by atoms with Crippen molar-refractivity contribution in [2.24, 2.45) is 5.92 Å². The first-order valence-electron chi connectivity index (χ1n) is 6.94. The van der Waals surface area contributed by atoms with Crippen LogP contribution in [0.4, 0.5) is 0 Å². The van der Waals surface area contributed by atoms with Crippen LogP contribution >= 0.6 is 0 Å². The standard InChI is InChI=1S/C16H25N/c1-12-4-5-14(3)15(10-12)6-7-16-11-13(2)8-9-17-16/h4-5,10,13,16-17H,6-9,11H2,1-3H3. The van der Waals surface area contributed by atoms with E-state index in [0.717, 1.165) is 12.0 Å². The van der Waals surface area contributed by atoms with Gasteiger partial charge in [0.2, 0.25) is 0 Å². The third-order valence-corrected chi connectivity index (χ3v) is 4.02. The summed E-state index contributed by atoms with van der Waals surface area (Å²) in [5.74, 6) is 0.903. The fraction of sp³-hybridized carbons (Fsp3) is 0.625. The molecule has 0 spiro atoms. The lowest BCUT2D eigenvalue weighted by Gasteiger charge is -2.28. The zero-order valence-electron chi connectivity index (χ0n) is 11.4. The fourth-order valence-corrected chi connectivity index (χ4v) is 2.84. The van der Waals surface area contributed by atoms with Gasteiger partial charge in [-0.2, -0.15) is 0 Å². The van der Waals surface area contributed by atoms with Gasteiger partial charge >= 0.3 is 0 Å². The molecule has 0 aromatic heterocycles. The Hall–Kier alpha value is -0.820. The molecule has 0 amide bonds. The molecular weight excluding hydrogens is 206 g/mol. The van der Waals surface area contributed by atoms with Crippen LogP contribution in [0.5, 0.6) is 0 Å². The fourth-order valence-electron chi connectivity index (χ4n) is 2.84. The molecule has 2 rings (SSSR count). The molecule has 1 nitrogen and oxygen atoms in total. The van der Waals surface area contributed by atoms with Crippen molar-refractivity contribution in [1.82, 2.24) is 5.32 Å². The van der Waals surface area contributed by atoms with Crippen LogP contribution in [-0.2, 0) is 6.42 Å². The number of nitrogens with one attached hydrogen (secondary N) is 1. The van der Waals surface area contributed by atoms with E-state index in [1.165, 1.54) is 48.9 Å². The molecule has 1 aliphatic heterocycles. The van der Waals surface area contributed by atoms with Crippen molar-refractivity contribution in [1.29, 1.82) is 0 Å². The van der Waals surface area contributed by atoms with Gasteiger partial charge in [-0.3, -0.25) is 0 Å². The van der Waals surface area contributed by atoms with Gasteiger partial charge in [0, 0.05) is 6.04 Å². The molecule has 2 unspecified atom stereocenters. The van der Waals surface area contributed by atoms with E-state index in [-0.39, 0.29) is 0 Å². The van der Waals surface area contributed by atoms with Crippen LogP contribution in [0.15, 0.2) is 18.2 Å². The van der Waals surface area contributed by atoms with E-state index in [9.17, 15) is 0 Å². The van der Waals surface area contributed by atoms with E-state index in [0.29, 0.717) is 0 Å². The first kappa shape index (κ1) is 12.6. The highest BCUT2D eigenvalue weighted by Gasteiger charge is 2.17. The molecule has 1 aliphatic rings. The Morgan fingerprint density at radius 3 is 2.88 bits per heavy atom. The molecule has 0 aliphatic carbocycles. The van der Waals surface area contributed by atoms with E-state index in [2.05, 4.69) is 44.3 Å². The predicted octanol–water partition coefficient (Wildman–Crippen LogP) is 3.62. The summed E-state index contributed by atoms with van der Waals surface area (Å²) in [6, 6.07) is 7.54. The maximum Gasteiger partial charge on any atom is 0.00727 e. The summed E-state index contributed by atoms with van der Waals surface area (Å²) in [7, 11) is 0. The molecule has 94 valence electrons. The van der Waals surface area contributed by atoms with E-state index >= 15 is 0 Å². The number of aryl methyl sites for hydroxylation is 3. The summed E-state index contributed by atoms with van der Waals surface area (Å²) >= 11 is 0. The topological polar surface area (TPSA) is 12.0 Å². The molecule has 17 heavy (non-hydrogen) atoms. The second kappa shape index (κ2) is 5.68. The molecule has 1 heteroatoms. The van der Waals surface area contributed by atoms with E-state index in [4.69, 9.17) is 0 Å². The van der Waals surface area contributed by atoms with Gasteiger partial charge in [-0.05, 0) is 63.1 Å². The molecule has 0 saturated carbocycles. The number of benzene rings is 1. The number of hydrogen-bond acceptors (Lipinski definition) is 1. The summed E-state index contributed by atoms with van der Waals surface area (Å²) < 4.78 is 0. The normalized spacial score (nSPS) is 24.9. The summed E-state index contributed by atoms with van der Waals surface area (Å²) in [5.41, 5.74) is 4.36. The van der Waals surface area contributed by atoms with Gasteiger partial charge in [-0.1, -0.05) is 30.7 Å². The van der Waals surface area contributed by atoms with Gasteiger partial charge in [-0.15, -0.1) is 0 Å². The van der Waals surface area contributed by atoms with Gasteiger partial charge in [-0.25, -0.2) is 0 Å². The third kappa shape index (κ3) is 3.57. The van der Waals surface area contributed by atoms with Crippen LogP contribution in [0.1, 0.15) is 42.9 Å². The minimum Gasteiger partial charge on any atom is -0.314 e. The Labute approximate surface area is 106 Å². The first-order chi connectivity index (χ1) is 8.15. The smallest absolute Gasteiger partial charge is 0.00727 e. The number of rotatable bonds is 3. The van der Waals surface area contributed by atoms with Crippen LogP contribution in [0, 0.1) is 19.8 Å². The van der Waals surface area contributed by atoms with Gasteiger partial charge < -0.3 is 5.32 Å². The molecule has 1 aromatic carbocycles. The predicted molar refractivity (Wildman–Crippen MR) is 74.4 cm³/mol. The Morgan fingerprint density at radius 2 is 2.12 bits per heavy atom. The Kier molecular flexibility index (Phi) is 4.22. The van der Waals surface area contributed by atoms with E-state index in [1.54, 1.807) is 0 Å². The van der Waals surface area contributed by atoms with Crippen molar-refractivity contribution in [2.45, 2.75) is 52.5 Å². The van der Waals surface area contributed by atoms with Crippen molar-refractivity contribution in [3.63, 3.8) is 0 Å². The molecule has 0 bridgehead atoms. The van der Waals surface area contributed by atoms with Gasteiger partial charge in [0.25, 0.3) is 0 Å². The van der Waals surface area contributed by atoms with Crippen molar-refractivity contribution >= 4 is 0 Å². The Bertz CT molecular complexity index is 370. The third-order valence-electron chi connectivity index (χ3n) is 4.02. The molecule has 1 N–H and O–H groups in total. The first-order valence-corrected chi connectivity index (χ1v) is 6.94. The quantitative estimate of drug-likeness (QED) is 0.837. The molecule has 1 heterocycles. The van der Waals surface area contributed by atoms with Gasteiger partial charge in [0.15, 0.2) is 0 Å². The highest BCUT2D eigenvalue weighted by molar-refractivity contribution is 5.30. The highest BCUT2D eigenvalue weighted by atomic mass is 14.9. The molecule has 1 saturated heterocycles. The monoisotopic (exact) mass is 231 g/mol. The lowest BCUT2D eigenvalue weighted by atomic mass is 9.90. The summed E-state index contributed by atoms with van der Waals surface area (Å²) in [5, 5.41) is 3.65. The number of piperidine rings is 1. The van der Waals surface area contributed by atoms with Crippen molar-refractivity contribution in [3.8, 4) is 0 Å². The average molecular weight is 231 g/mol. The largest absolute Gasteiger partial charge is 0.314 e. The average Bonchev–Trinajstić information content (AvgIpc) is 2.30. The minimum absolute atomic E-state index is 0.735. The lowest BCUT2D eigenvalue weighted by Crippen LogP contribution is -2.37. The molecule has 1 fully saturated rings. The summed E-state index contributed by atoms with van der Waals surface area (Å²) in [4.78, 5) is 0. The summed E-state index contributed by atoms with van der Waals surface area (Å²) in [6.45, 7) is 8.00. The van der Waals surface area contributed by atoms with Crippen LogP contribution in [0.3, 0.4) is 0 Å².